The minimum atomic E-state index is 0.156. The first-order valence-corrected chi connectivity index (χ1v) is 7.67. The van der Waals surface area contributed by atoms with Gasteiger partial charge in [-0.25, -0.2) is 4.98 Å². The maximum Gasteiger partial charge on any atom is 0.194 e. The predicted octanol–water partition coefficient (Wildman–Crippen LogP) is 2.51. The van der Waals surface area contributed by atoms with Crippen molar-refractivity contribution in [2.45, 2.75) is 46.7 Å². The van der Waals surface area contributed by atoms with Crippen molar-refractivity contribution >= 4 is 16.3 Å². The average molecular weight is 281 g/mol. The van der Waals surface area contributed by atoms with Crippen LogP contribution in [-0.4, -0.2) is 27.1 Å². The summed E-state index contributed by atoms with van der Waals surface area (Å²) < 4.78 is 2.21. The van der Waals surface area contributed by atoms with Gasteiger partial charge in [-0.3, -0.25) is 4.40 Å². The molecule has 0 saturated carbocycles. The number of nitrogens with zero attached hydrogens (tertiary/aromatic N) is 2. The molecule has 2 rings (SSSR count). The Morgan fingerprint density at radius 1 is 1.42 bits per heavy atom. The molecule has 1 unspecified atom stereocenters. The van der Waals surface area contributed by atoms with Crippen LogP contribution in [0.1, 0.15) is 37.4 Å². The van der Waals surface area contributed by atoms with Gasteiger partial charge in [0.05, 0.1) is 18.0 Å². The lowest BCUT2D eigenvalue weighted by molar-refractivity contribution is 0.223. The number of hydrogen-bond donors (Lipinski definition) is 2. The highest BCUT2D eigenvalue weighted by Crippen LogP contribution is 2.20. The SMILES string of the molecule is Cc1nc2scc(C)n2c1CNC(CO)CC(C)C. The smallest absolute Gasteiger partial charge is 0.194 e. The minimum Gasteiger partial charge on any atom is -0.395 e. The zero-order valence-corrected chi connectivity index (χ0v) is 12.9. The molecular weight excluding hydrogens is 258 g/mol. The molecule has 0 fully saturated rings. The van der Waals surface area contributed by atoms with Crippen molar-refractivity contribution in [3.63, 3.8) is 0 Å². The molecular formula is C14H23N3OS. The average Bonchev–Trinajstić information content (AvgIpc) is 2.85. The van der Waals surface area contributed by atoms with Crippen molar-refractivity contribution in [1.29, 1.82) is 0 Å². The van der Waals surface area contributed by atoms with Crippen molar-refractivity contribution in [1.82, 2.24) is 14.7 Å². The van der Waals surface area contributed by atoms with Crippen LogP contribution < -0.4 is 5.32 Å². The number of aliphatic hydroxyl groups is 1. The fraction of sp³-hybridized carbons (Fsp3) is 0.643. The van der Waals surface area contributed by atoms with Crippen LogP contribution in [0.4, 0.5) is 0 Å². The van der Waals surface area contributed by atoms with Gasteiger partial charge in [0, 0.05) is 23.7 Å². The summed E-state index contributed by atoms with van der Waals surface area (Å²) in [6.07, 6.45) is 0.986. The molecule has 0 aliphatic rings. The summed E-state index contributed by atoms with van der Waals surface area (Å²) in [4.78, 5) is 5.63. The summed E-state index contributed by atoms with van der Waals surface area (Å²) in [7, 11) is 0. The van der Waals surface area contributed by atoms with E-state index in [2.05, 4.69) is 40.9 Å². The second-order valence-corrected chi connectivity index (χ2v) is 6.37. The van der Waals surface area contributed by atoms with E-state index in [0.29, 0.717) is 5.92 Å². The Kier molecular flexibility index (Phi) is 4.60. The summed E-state index contributed by atoms with van der Waals surface area (Å²) in [5, 5.41) is 15.0. The topological polar surface area (TPSA) is 49.6 Å². The van der Waals surface area contributed by atoms with Crippen LogP contribution in [0.2, 0.25) is 0 Å². The molecule has 0 aromatic carbocycles. The Labute approximate surface area is 118 Å². The lowest BCUT2D eigenvalue weighted by Gasteiger charge is -2.18. The van der Waals surface area contributed by atoms with E-state index in [0.717, 1.165) is 23.6 Å². The van der Waals surface area contributed by atoms with Gasteiger partial charge in [-0.15, -0.1) is 11.3 Å². The summed E-state index contributed by atoms with van der Waals surface area (Å²) in [6, 6.07) is 0.156. The zero-order valence-electron chi connectivity index (χ0n) is 12.1. The largest absolute Gasteiger partial charge is 0.395 e. The number of aryl methyl sites for hydroxylation is 2. The molecule has 0 amide bonds. The maximum atomic E-state index is 9.42. The van der Waals surface area contributed by atoms with E-state index in [1.54, 1.807) is 11.3 Å². The Morgan fingerprint density at radius 3 is 2.79 bits per heavy atom. The number of aromatic nitrogens is 2. The quantitative estimate of drug-likeness (QED) is 0.855. The van der Waals surface area contributed by atoms with E-state index in [9.17, 15) is 5.11 Å². The fourth-order valence-corrected chi connectivity index (χ4v) is 3.34. The van der Waals surface area contributed by atoms with Gasteiger partial charge in [-0.2, -0.15) is 0 Å². The number of imidazole rings is 1. The van der Waals surface area contributed by atoms with E-state index in [1.165, 1.54) is 11.4 Å². The number of nitrogens with one attached hydrogen (secondary N) is 1. The van der Waals surface area contributed by atoms with Gasteiger partial charge in [0.2, 0.25) is 0 Å². The van der Waals surface area contributed by atoms with E-state index in [1.807, 2.05) is 6.92 Å². The molecule has 5 heteroatoms. The lowest BCUT2D eigenvalue weighted by atomic mass is 10.0. The molecule has 2 aromatic rings. The summed E-state index contributed by atoms with van der Waals surface area (Å²) >= 11 is 1.67. The van der Waals surface area contributed by atoms with Gasteiger partial charge < -0.3 is 10.4 Å². The second-order valence-electron chi connectivity index (χ2n) is 5.53. The van der Waals surface area contributed by atoms with Crippen molar-refractivity contribution < 1.29 is 5.11 Å². The van der Waals surface area contributed by atoms with Crippen LogP contribution >= 0.6 is 11.3 Å². The molecule has 0 radical (unpaired) electrons. The molecule has 2 N–H and O–H groups in total. The fourth-order valence-electron chi connectivity index (χ4n) is 2.41. The number of fused-ring (bicyclic) bond motifs is 1. The molecule has 0 bridgehead atoms. The summed E-state index contributed by atoms with van der Waals surface area (Å²) in [5.41, 5.74) is 3.50. The number of hydrogen-bond acceptors (Lipinski definition) is 4. The Bertz CT molecular complexity index is 544. The molecule has 0 spiro atoms. The molecule has 2 aromatic heterocycles. The molecule has 0 aliphatic heterocycles. The highest BCUT2D eigenvalue weighted by atomic mass is 32.1. The van der Waals surface area contributed by atoms with Crippen molar-refractivity contribution in [2.75, 3.05) is 6.61 Å². The van der Waals surface area contributed by atoms with Crippen LogP contribution in [-0.2, 0) is 6.54 Å². The molecule has 0 saturated heterocycles. The molecule has 2 heterocycles. The van der Waals surface area contributed by atoms with Crippen molar-refractivity contribution in [2.24, 2.45) is 5.92 Å². The number of aliphatic hydroxyl groups excluding tert-OH is 1. The maximum absolute atomic E-state index is 9.42. The van der Waals surface area contributed by atoms with Crippen molar-refractivity contribution in [3.8, 4) is 0 Å². The molecule has 106 valence electrons. The first-order valence-electron chi connectivity index (χ1n) is 6.79. The van der Waals surface area contributed by atoms with Crippen LogP contribution in [0.15, 0.2) is 5.38 Å². The highest BCUT2D eigenvalue weighted by molar-refractivity contribution is 7.15. The Hall–Kier alpha value is -0.910. The second kappa shape index (κ2) is 6.03. The van der Waals surface area contributed by atoms with E-state index >= 15 is 0 Å². The predicted molar refractivity (Wildman–Crippen MR) is 79.7 cm³/mol. The first-order chi connectivity index (χ1) is 9.02. The van der Waals surface area contributed by atoms with Crippen molar-refractivity contribution in [3.05, 3.63) is 22.5 Å². The highest BCUT2D eigenvalue weighted by Gasteiger charge is 2.14. The third-order valence-electron chi connectivity index (χ3n) is 3.36. The standard InChI is InChI=1S/C14H23N3OS/c1-9(2)5-12(7-18)15-6-13-11(4)16-14-17(13)10(3)8-19-14/h8-9,12,15,18H,5-7H2,1-4H3. The molecule has 19 heavy (non-hydrogen) atoms. The van der Waals surface area contributed by atoms with Gasteiger partial charge >= 0.3 is 0 Å². The molecule has 4 nitrogen and oxygen atoms in total. The van der Waals surface area contributed by atoms with Gasteiger partial charge in [0.15, 0.2) is 4.96 Å². The molecule has 0 aliphatic carbocycles. The summed E-state index contributed by atoms with van der Waals surface area (Å²) in [5.74, 6) is 0.582. The molecule has 1 atom stereocenters. The van der Waals surface area contributed by atoms with Gasteiger partial charge in [-0.1, -0.05) is 13.8 Å². The van der Waals surface area contributed by atoms with Gasteiger partial charge in [0.1, 0.15) is 0 Å². The Balaban J connectivity index is 2.12. The van der Waals surface area contributed by atoms with Gasteiger partial charge in [-0.05, 0) is 26.2 Å². The van der Waals surface area contributed by atoms with Crippen LogP contribution in [0, 0.1) is 19.8 Å². The normalized spacial score (nSPS) is 13.6. The first kappa shape index (κ1) is 14.5. The van der Waals surface area contributed by atoms with Crippen LogP contribution in [0.3, 0.4) is 0 Å². The third kappa shape index (κ3) is 3.16. The Morgan fingerprint density at radius 2 is 2.16 bits per heavy atom. The number of thiazole rings is 1. The third-order valence-corrected chi connectivity index (χ3v) is 4.31. The summed E-state index contributed by atoms with van der Waals surface area (Å²) in [6.45, 7) is 9.44. The van der Waals surface area contributed by atoms with E-state index in [-0.39, 0.29) is 12.6 Å². The van der Waals surface area contributed by atoms with E-state index in [4.69, 9.17) is 0 Å². The minimum absolute atomic E-state index is 0.156. The zero-order chi connectivity index (χ0) is 14.0. The van der Waals surface area contributed by atoms with E-state index < -0.39 is 0 Å². The number of rotatable bonds is 6. The van der Waals surface area contributed by atoms with Gasteiger partial charge in [0.25, 0.3) is 0 Å². The van der Waals surface area contributed by atoms with Crippen LogP contribution in [0.5, 0.6) is 0 Å². The lowest BCUT2D eigenvalue weighted by Crippen LogP contribution is -2.33. The van der Waals surface area contributed by atoms with Crippen LogP contribution in [0.25, 0.3) is 4.96 Å². The monoisotopic (exact) mass is 281 g/mol.